The summed E-state index contributed by atoms with van der Waals surface area (Å²) < 4.78 is 0. The third-order valence-electron chi connectivity index (χ3n) is 5.68. The van der Waals surface area contributed by atoms with Crippen molar-refractivity contribution < 1.29 is 0 Å². The number of nitrogens with one attached hydrogen (secondary N) is 1. The third-order valence-corrected chi connectivity index (χ3v) is 5.68. The summed E-state index contributed by atoms with van der Waals surface area (Å²) in [5.41, 5.74) is 0.566. The molecule has 1 atom stereocenters. The fraction of sp³-hybridized carbons (Fsp3) is 1.00. The van der Waals surface area contributed by atoms with Crippen molar-refractivity contribution in [1.29, 1.82) is 0 Å². The molecule has 1 aliphatic heterocycles. The zero-order valence-corrected chi connectivity index (χ0v) is 12.7. The van der Waals surface area contributed by atoms with Crippen LogP contribution in [-0.2, 0) is 0 Å². The van der Waals surface area contributed by atoms with Gasteiger partial charge in [0.25, 0.3) is 0 Å². The average Bonchev–Trinajstić information content (AvgIpc) is 2.88. The molecule has 2 nitrogen and oxygen atoms in total. The molecule has 1 saturated heterocycles. The van der Waals surface area contributed by atoms with Crippen molar-refractivity contribution in [3.8, 4) is 0 Å². The van der Waals surface area contributed by atoms with Crippen LogP contribution in [0.5, 0.6) is 0 Å². The van der Waals surface area contributed by atoms with Crippen LogP contribution >= 0.6 is 0 Å². The van der Waals surface area contributed by atoms with Gasteiger partial charge in [-0.05, 0) is 63.5 Å². The van der Waals surface area contributed by atoms with Gasteiger partial charge in [-0.15, -0.1) is 0 Å². The van der Waals surface area contributed by atoms with Gasteiger partial charge in [0.05, 0.1) is 0 Å². The van der Waals surface area contributed by atoms with Gasteiger partial charge in [0.15, 0.2) is 0 Å². The topological polar surface area (TPSA) is 15.3 Å². The molecule has 1 unspecified atom stereocenters. The van der Waals surface area contributed by atoms with E-state index in [2.05, 4.69) is 31.1 Å². The highest BCUT2D eigenvalue weighted by atomic mass is 15.1. The zero-order valence-electron chi connectivity index (χ0n) is 12.7. The van der Waals surface area contributed by atoms with Crippen LogP contribution in [0.15, 0.2) is 0 Å². The lowest BCUT2D eigenvalue weighted by Crippen LogP contribution is -2.43. The lowest BCUT2D eigenvalue weighted by Gasteiger charge is -2.39. The van der Waals surface area contributed by atoms with Crippen molar-refractivity contribution in [3.05, 3.63) is 0 Å². The van der Waals surface area contributed by atoms with Gasteiger partial charge in [0.1, 0.15) is 0 Å². The first-order valence-corrected chi connectivity index (χ1v) is 8.10. The summed E-state index contributed by atoms with van der Waals surface area (Å²) in [6.07, 6.45) is 9.88. The van der Waals surface area contributed by atoms with Crippen LogP contribution in [-0.4, -0.2) is 37.6 Å². The molecule has 0 radical (unpaired) electrons. The second-order valence-electron chi connectivity index (χ2n) is 6.78. The smallest absolute Gasteiger partial charge is 0.00926 e. The lowest BCUT2D eigenvalue weighted by molar-refractivity contribution is 0.107. The molecular weight excluding hydrogens is 220 g/mol. The van der Waals surface area contributed by atoms with Crippen LogP contribution in [0, 0.1) is 11.3 Å². The van der Waals surface area contributed by atoms with E-state index in [-0.39, 0.29) is 0 Å². The van der Waals surface area contributed by atoms with E-state index in [0.717, 1.165) is 12.0 Å². The van der Waals surface area contributed by atoms with Crippen LogP contribution < -0.4 is 5.32 Å². The molecule has 1 saturated carbocycles. The summed E-state index contributed by atoms with van der Waals surface area (Å²) >= 11 is 0. The first-order chi connectivity index (χ1) is 8.69. The highest BCUT2D eigenvalue weighted by Gasteiger charge is 2.35. The second kappa shape index (κ2) is 6.38. The Labute approximate surface area is 114 Å². The van der Waals surface area contributed by atoms with E-state index in [1.165, 1.54) is 64.6 Å². The van der Waals surface area contributed by atoms with Gasteiger partial charge in [-0.2, -0.15) is 0 Å². The minimum absolute atomic E-state index is 0.566. The van der Waals surface area contributed by atoms with Gasteiger partial charge in [0, 0.05) is 19.1 Å². The van der Waals surface area contributed by atoms with Gasteiger partial charge < -0.3 is 10.2 Å². The van der Waals surface area contributed by atoms with Gasteiger partial charge in [-0.3, -0.25) is 0 Å². The fourth-order valence-electron chi connectivity index (χ4n) is 4.00. The minimum Gasteiger partial charge on any atom is -0.316 e. The molecule has 0 aromatic heterocycles. The number of hydrogen-bond acceptors (Lipinski definition) is 2. The lowest BCUT2D eigenvalue weighted by atomic mass is 9.81. The highest BCUT2D eigenvalue weighted by molar-refractivity contribution is 4.90. The Kier molecular flexibility index (Phi) is 5.08. The normalized spacial score (nSPS) is 37.3. The molecule has 0 bridgehead atoms. The Balaban J connectivity index is 1.82. The highest BCUT2D eigenvalue weighted by Crippen LogP contribution is 2.34. The molecule has 0 aromatic carbocycles. The monoisotopic (exact) mass is 252 g/mol. The molecule has 2 heteroatoms. The molecule has 1 aliphatic carbocycles. The van der Waals surface area contributed by atoms with Crippen LogP contribution in [0.2, 0.25) is 0 Å². The molecular formula is C16H32N2. The van der Waals surface area contributed by atoms with Gasteiger partial charge in [0.2, 0.25) is 0 Å². The van der Waals surface area contributed by atoms with Gasteiger partial charge in [-0.25, -0.2) is 0 Å². The summed E-state index contributed by atoms with van der Waals surface area (Å²) in [7, 11) is 2.37. The SMILES string of the molecule is CCC1CCC(N(C)CC2(CC)CCNC2)CC1. The number of nitrogens with zero attached hydrogens (tertiary/aromatic N) is 1. The molecule has 106 valence electrons. The molecule has 2 rings (SSSR count). The van der Waals surface area contributed by atoms with E-state index in [1.54, 1.807) is 0 Å². The number of rotatable bonds is 5. The van der Waals surface area contributed by atoms with Crippen molar-refractivity contribution in [2.24, 2.45) is 11.3 Å². The standard InChI is InChI=1S/C16H32N2/c1-4-14-6-8-15(9-7-14)18(3)13-16(5-2)10-11-17-12-16/h14-15,17H,4-13H2,1-3H3. The summed E-state index contributed by atoms with van der Waals surface area (Å²) in [5.74, 6) is 1.02. The van der Waals surface area contributed by atoms with E-state index in [0.29, 0.717) is 5.41 Å². The van der Waals surface area contributed by atoms with Crippen molar-refractivity contribution in [2.75, 3.05) is 26.7 Å². The van der Waals surface area contributed by atoms with E-state index < -0.39 is 0 Å². The maximum atomic E-state index is 3.56. The van der Waals surface area contributed by atoms with E-state index in [9.17, 15) is 0 Å². The Morgan fingerprint density at radius 3 is 2.39 bits per heavy atom. The third kappa shape index (κ3) is 3.27. The zero-order chi connectivity index (χ0) is 13.0. The van der Waals surface area contributed by atoms with E-state index in [1.807, 2.05) is 0 Å². The van der Waals surface area contributed by atoms with Crippen LogP contribution in [0.1, 0.15) is 58.8 Å². The summed E-state index contributed by atoms with van der Waals surface area (Å²) in [5, 5.41) is 3.56. The molecule has 2 fully saturated rings. The Bertz CT molecular complexity index is 237. The van der Waals surface area contributed by atoms with Crippen LogP contribution in [0.25, 0.3) is 0 Å². The largest absolute Gasteiger partial charge is 0.316 e. The fourth-order valence-corrected chi connectivity index (χ4v) is 4.00. The Morgan fingerprint density at radius 1 is 1.17 bits per heavy atom. The summed E-state index contributed by atoms with van der Waals surface area (Å²) in [6, 6.07) is 0.858. The second-order valence-corrected chi connectivity index (χ2v) is 6.78. The molecule has 1 N–H and O–H groups in total. The first-order valence-electron chi connectivity index (χ1n) is 8.10. The first kappa shape index (κ1) is 14.3. The van der Waals surface area contributed by atoms with Gasteiger partial charge >= 0.3 is 0 Å². The molecule has 0 spiro atoms. The number of hydrogen-bond donors (Lipinski definition) is 1. The van der Waals surface area contributed by atoms with Gasteiger partial charge in [-0.1, -0.05) is 20.3 Å². The van der Waals surface area contributed by atoms with Crippen molar-refractivity contribution in [1.82, 2.24) is 10.2 Å². The van der Waals surface area contributed by atoms with Crippen molar-refractivity contribution in [3.63, 3.8) is 0 Å². The summed E-state index contributed by atoms with van der Waals surface area (Å²) in [6.45, 7) is 8.49. The van der Waals surface area contributed by atoms with E-state index in [4.69, 9.17) is 0 Å². The minimum atomic E-state index is 0.566. The molecule has 0 aromatic rings. The molecule has 1 heterocycles. The van der Waals surface area contributed by atoms with Crippen molar-refractivity contribution in [2.45, 2.75) is 64.8 Å². The Morgan fingerprint density at radius 2 is 1.89 bits per heavy atom. The average molecular weight is 252 g/mol. The molecule has 2 aliphatic rings. The van der Waals surface area contributed by atoms with E-state index >= 15 is 0 Å². The summed E-state index contributed by atoms with van der Waals surface area (Å²) in [4.78, 5) is 2.68. The molecule has 18 heavy (non-hydrogen) atoms. The van der Waals surface area contributed by atoms with Crippen molar-refractivity contribution >= 4 is 0 Å². The van der Waals surface area contributed by atoms with Crippen LogP contribution in [0.4, 0.5) is 0 Å². The maximum absolute atomic E-state index is 3.56. The van der Waals surface area contributed by atoms with Crippen LogP contribution in [0.3, 0.4) is 0 Å². The predicted molar refractivity (Wildman–Crippen MR) is 78.9 cm³/mol. The quantitative estimate of drug-likeness (QED) is 0.808. The predicted octanol–water partition coefficient (Wildman–Crippen LogP) is 3.28. The maximum Gasteiger partial charge on any atom is 0.00926 e. The Hall–Kier alpha value is -0.0800. The molecule has 0 amide bonds.